The van der Waals surface area contributed by atoms with E-state index in [1.807, 2.05) is 6.07 Å². The standard InChI is InChI=1S/C24H29NO.ClH/c1-2-3-4-10-17-25-18-23-22-14-9-8-13-21(22)15-16-24(23)26-19-20-11-6-5-7-12-20;/h5-9,11-16,25H,2-4,10,17-19H2,1H3;1H. The van der Waals surface area contributed by atoms with Crippen molar-refractivity contribution in [3.63, 3.8) is 0 Å². The summed E-state index contributed by atoms with van der Waals surface area (Å²) in [7, 11) is 0. The minimum atomic E-state index is 0. The number of hydrogen-bond acceptors (Lipinski definition) is 2. The van der Waals surface area contributed by atoms with Crippen LogP contribution in [0.15, 0.2) is 66.7 Å². The van der Waals surface area contributed by atoms with Gasteiger partial charge in [-0.3, -0.25) is 0 Å². The molecule has 0 aromatic heterocycles. The normalized spacial score (nSPS) is 10.6. The van der Waals surface area contributed by atoms with Crippen molar-refractivity contribution in [1.82, 2.24) is 5.32 Å². The molecule has 0 aliphatic heterocycles. The van der Waals surface area contributed by atoms with Crippen molar-refractivity contribution in [2.24, 2.45) is 0 Å². The number of rotatable bonds is 10. The lowest BCUT2D eigenvalue weighted by Crippen LogP contribution is -2.16. The summed E-state index contributed by atoms with van der Waals surface area (Å²) in [6, 6.07) is 23.2. The summed E-state index contributed by atoms with van der Waals surface area (Å²) < 4.78 is 6.19. The second kappa shape index (κ2) is 11.6. The highest BCUT2D eigenvalue weighted by Crippen LogP contribution is 2.28. The monoisotopic (exact) mass is 383 g/mol. The maximum absolute atomic E-state index is 6.19. The van der Waals surface area contributed by atoms with E-state index >= 15 is 0 Å². The van der Waals surface area contributed by atoms with Gasteiger partial charge in [0.2, 0.25) is 0 Å². The molecule has 0 unspecified atom stereocenters. The average Bonchev–Trinajstić information content (AvgIpc) is 2.70. The van der Waals surface area contributed by atoms with Gasteiger partial charge in [-0.2, -0.15) is 0 Å². The fourth-order valence-corrected chi connectivity index (χ4v) is 3.26. The summed E-state index contributed by atoms with van der Waals surface area (Å²) in [6.45, 7) is 4.75. The summed E-state index contributed by atoms with van der Waals surface area (Å²) in [6.07, 6.45) is 5.14. The van der Waals surface area contributed by atoms with E-state index in [2.05, 4.69) is 72.9 Å². The van der Waals surface area contributed by atoms with E-state index in [1.165, 1.54) is 47.6 Å². The van der Waals surface area contributed by atoms with Crippen molar-refractivity contribution in [2.45, 2.75) is 45.8 Å². The molecular formula is C24H30ClNO. The Morgan fingerprint density at radius 2 is 1.59 bits per heavy atom. The molecule has 27 heavy (non-hydrogen) atoms. The van der Waals surface area contributed by atoms with Crippen molar-refractivity contribution in [3.05, 3.63) is 77.9 Å². The van der Waals surface area contributed by atoms with Gasteiger partial charge in [-0.25, -0.2) is 0 Å². The van der Waals surface area contributed by atoms with E-state index in [0.29, 0.717) is 6.61 Å². The number of ether oxygens (including phenoxy) is 1. The van der Waals surface area contributed by atoms with E-state index in [9.17, 15) is 0 Å². The lowest BCUT2D eigenvalue weighted by atomic mass is 10.0. The summed E-state index contributed by atoms with van der Waals surface area (Å²) in [5.74, 6) is 0.980. The van der Waals surface area contributed by atoms with Crippen LogP contribution in [-0.2, 0) is 13.2 Å². The first-order valence-corrected chi connectivity index (χ1v) is 9.76. The predicted molar refractivity (Wildman–Crippen MR) is 118 cm³/mol. The van der Waals surface area contributed by atoms with Gasteiger partial charge in [0.05, 0.1) is 0 Å². The van der Waals surface area contributed by atoms with Crippen LogP contribution < -0.4 is 10.1 Å². The van der Waals surface area contributed by atoms with Crippen molar-refractivity contribution < 1.29 is 4.74 Å². The average molecular weight is 384 g/mol. The van der Waals surface area contributed by atoms with E-state index in [1.54, 1.807) is 0 Å². The minimum absolute atomic E-state index is 0. The lowest BCUT2D eigenvalue weighted by Gasteiger charge is -2.15. The van der Waals surface area contributed by atoms with Crippen LogP contribution in [0.1, 0.15) is 43.7 Å². The Hall–Kier alpha value is -2.03. The fraction of sp³-hybridized carbons (Fsp3) is 0.333. The lowest BCUT2D eigenvalue weighted by molar-refractivity contribution is 0.302. The number of halogens is 1. The van der Waals surface area contributed by atoms with Gasteiger partial charge in [0.25, 0.3) is 0 Å². The number of unbranched alkanes of at least 4 members (excludes halogenated alkanes) is 3. The molecular weight excluding hydrogens is 354 g/mol. The molecule has 3 rings (SSSR count). The highest BCUT2D eigenvalue weighted by atomic mass is 35.5. The van der Waals surface area contributed by atoms with Gasteiger partial charge in [-0.1, -0.05) is 86.8 Å². The zero-order valence-corrected chi connectivity index (χ0v) is 16.9. The van der Waals surface area contributed by atoms with Crippen LogP contribution in [0.4, 0.5) is 0 Å². The SMILES string of the molecule is CCCCCCNCc1c(OCc2ccccc2)ccc2ccccc12.Cl. The molecule has 144 valence electrons. The maximum atomic E-state index is 6.19. The quantitative estimate of drug-likeness (QED) is 0.403. The van der Waals surface area contributed by atoms with Gasteiger partial charge in [0.15, 0.2) is 0 Å². The number of hydrogen-bond donors (Lipinski definition) is 1. The molecule has 3 aromatic carbocycles. The van der Waals surface area contributed by atoms with Gasteiger partial charge in [0, 0.05) is 12.1 Å². The van der Waals surface area contributed by atoms with Crippen LogP contribution in [0.2, 0.25) is 0 Å². The molecule has 0 saturated carbocycles. The minimum Gasteiger partial charge on any atom is -0.489 e. The molecule has 0 spiro atoms. The van der Waals surface area contributed by atoms with Crippen molar-refractivity contribution in [2.75, 3.05) is 6.54 Å². The summed E-state index contributed by atoms with van der Waals surface area (Å²) in [5.41, 5.74) is 2.45. The Balaban J connectivity index is 0.00000261. The third-order valence-corrected chi connectivity index (χ3v) is 4.74. The third-order valence-electron chi connectivity index (χ3n) is 4.74. The summed E-state index contributed by atoms with van der Waals surface area (Å²) >= 11 is 0. The van der Waals surface area contributed by atoms with Crippen LogP contribution in [0.3, 0.4) is 0 Å². The Labute approximate surface area is 169 Å². The molecule has 3 aromatic rings. The first-order chi connectivity index (χ1) is 12.9. The highest BCUT2D eigenvalue weighted by Gasteiger charge is 2.09. The van der Waals surface area contributed by atoms with Crippen molar-refractivity contribution >= 4 is 23.2 Å². The first kappa shape index (κ1) is 21.3. The van der Waals surface area contributed by atoms with Gasteiger partial charge < -0.3 is 10.1 Å². The van der Waals surface area contributed by atoms with E-state index in [0.717, 1.165) is 18.8 Å². The highest BCUT2D eigenvalue weighted by molar-refractivity contribution is 5.87. The van der Waals surface area contributed by atoms with Crippen LogP contribution in [0.5, 0.6) is 5.75 Å². The number of fused-ring (bicyclic) bond motifs is 1. The molecule has 0 saturated heterocycles. The third kappa shape index (κ3) is 6.27. The van der Waals surface area contributed by atoms with Crippen LogP contribution in [-0.4, -0.2) is 6.54 Å². The first-order valence-electron chi connectivity index (χ1n) is 9.76. The Morgan fingerprint density at radius 1 is 0.815 bits per heavy atom. The predicted octanol–water partition coefficient (Wildman–Crippen LogP) is 6.51. The van der Waals surface area contributed by atoms with E-state index in [4.69, 9.17) is 4.74 Å². The van der Waals surface area contributed by atoms with Crippen LogP contribution >= 0.6 is 12.4 Å². The smallest absolute Gasteiger partial charge is 0.124 e. The zero-order chi connectivity index (χ0) is 18.0. The van der Waals surface area contributed by atoms with Crippen molar-refractivity contribution in [1.29, 1.82) is 0 Å². The molecule has 0 heterocycles. The zero-order valence-electron chi connectivity index (χ0n) is 16.1. The van der Waals surface area contributed by atoms with Crippen LogP contribution in [0, 0.1) is 0 Å². The Kier molecular flexibility index (Phi) is 9.17. The van der Waals surface area contributed by atoms with Gasteiger partial charge in [0.1, 0.15) is 12.4 Å². The molecule has 3 heteroatoms. The number of benzene rings is 3. The molecule has 2 nitrogen and oxygen atoms in total. The van der Waals surface area contributed by atoms with Gasteiger partial charge in [-0.15, -0.1) is 12.4 Å². The topological polar surface area (TPSA) is 21.3 Å². The van der Waals surface area contributed by atoms with Gasteiger partial charge in [-0.05, 0) is 35.4 Å². The molecule has 0 amide bonds. The summed E-state index contributed by atoms with van der Waals surface area (Å²) in [5, 5.41) is 6.15. The molecule has 1 N–H and O–H groups in total. The molecule has 0 bridgehead atoms. The molecule has 0 radical (unpaired) electrons. The second-order valence-electron chi connectivity index (χ2n) is 6.78. The Bertz CT molecular complexity index is 804. The molecule has 0 aliphatic carbocycles. The van der Waals surface area contributed by atoms with Crippen LogP contribution in [0.25, 0.3) is 10.8 Å². The maximum Gasteiger partial charge on any atom is 0.124 e. The fourth-order valence-electron chi connectivity index (χ4n) is 3.26. The van der Waals surface area contributed by atoms with E-state index < -0.39 is 0 Å². The molecule has 0 fully saturated rings. The molecule has 0 atom stereocenters. The second-order valence-corrected chi connectivity index (χ2v) is 6.78. The van der Waals surface area contributed by atoms with Gasteiger partial charge >= 0.3 is 0 Å². The van der Waals surface area contributed by atoms with E-state index in [-0.39, 0.29) is 12.4 Å². The Morgan fingerprint density at radius 3 is 2.41 bits per heavy atom. The van der Waals surface area contributed by atoms with Crippen molar-refractivity contribution in [3.8, 4) is 5.75 Å². The number of nitrogens with one attached hydrogen (secondary N) is 1. The largest absolute Gasteiger partial charge is 0.489 e. The molecule has 0 aliphatic rings. The summed E-state index contributed by atoms with van der Waals surface area (Å²) in [4.78, 5) is 0.